The fourth-order valence-corrected chi connectivity index (χ4v) is 6.51. The molecule has 0 aliphatic heterocycles. The summed E-state index contributed by atoms with van der Waals surface area (Å²) in [5.74, 6) is -0.515. The molecule has 5 heteroatoms. The smallest absolute Gasteiger partial charge is 0.249 e. The average molecular weight is 704 g/mol. The van der Waals surface area contributed by atoms with Crippen molar-refractivity contribution in [3.63, 3.8) is 0 Å². The summed E-state index contributed by atoms with van der Waals surface area (Å²) in [5, 5.41) is 33.1. The van der Waals surface area contributed by atoms with Crippen LogP contribution in [0.4, 0.5) is 0 Å². The second-order valence-electron chi connectivity index (χ2n) is 14.9. The molecule has 0 aliphatic rings. The number of aliphatic hydroxyl groups is 3. The number of amides is 1. The molecule has 0 radical (unpaired) electrons. The quantitative estimate of drug-likeness (QED) is 0.0379. The molecule has 0 saturated carbocycles. The number of allylic oxidation sites excluding steroid dienone is 5. The van der Waals surface area contributed by atoms with Crippen molar-refractivity contribution in [1.29, 1.82) is 0 Å². The number of rotatable bonds is 39. The second kappa shape index (κ2) is 40.3. The zero-order valence-corrected chi connectivity index (χ0v) is 33.3. The summed E-state index contributed by atoms with van der Waals surface area (Å²) >= 11 is 0. The molecule has 0 rings (SSSR count). The Hall–Kier alpha value is -1.43. The molecule has 0 heterocycles. The van der Waals surface area contributed by atoms with Crippen LogP contribution in [0.3, 0.4) is 0 Å². The van der Waals surface area contributed by atoms with Crippen molar-refractivity contribution in [3.8, 4) is 0 Å². The summed E-state index contributed by atoms with van der Waals surface area (Å²) in [6, 6.07) is -0.818. The van der Waals surface area contributed by atoms with Crippen LogP contribution < -0.4 is 5.32 Å². The molecule has 0 aliphatic carbocycles. The van der Waals surface area contributed by atoms with E-state index < -0.39 is 24.2 Å². The topological polar surface area (TPSA) is 89.8 Å². The lowest BCUT2D eigenvalue weighted by Crippen LogP contribution is -2.48. The van der Waals surface area contributed by atoms with E-state index in [1.54, 1.807) is 6.08 Å². The van der Waals surface area contributed by atoms with E-state index in [-0.39, 0.29) is 6.61 Å². The third-order valence-electron chi connectivity index (χ3n) is 9.96. The van der Waals surface area contributed by atoms with Crippen molar-refractivity contribution in [2.75, 3.05) is 6.61 Å². The predicted octanol–water partition coefficient (Wildman–Crippen LogP) is 12.4. The van der Waals surface area contributed by atoms with E-state index in [4.69, 9.17) is 0 Å². The van der Waals surface area contributed by atoms with Gasteiger partial charge in [-0.25, -0.2) is 0 Å². The zero-order chi connectivity index (χ0) is 36.6. The molecule has 3 unspecified atom stereocenters. The maximum Gasteiger partial charge on any atom is 0.249 e. The average Bonchev–Trinajstić information content (AvgIpc) is 3.12. The number of carbonyl (C=O) groups is 1. The monoisotopic (exact) mass is 704 g/mol. The van der Waals surface area contributed by atoms with Gasteiger partial charge in [0.25, 0.3) is 0 Å². The lowest BCUT2D eigenvalue weighted by molar-refractivity contribution is -0.131. The van der Waals surface area contributed by atoms with Crippen LogP contribution in [-0.2, 0) is 4.79 Å². The summed E-state index contributed by atoms with van der Waals surface area (Å²) in [6.07, 6.45) is 50.3. The molecule has 1 amide bonds. The molecule has 294 valence electrons. The summed E-state index contributed by atoms with van der Waals surface area (Å²) in [7, 11) is 0. The fourth-order valence-electron chi connectivity index (χ4n) is 6.51. The molecule has 0 saturated heterocycles. The number of aliphatic hydroxyl groups excluding tert-OH is 3. The van der Waals surface area contributed by atoms with Crippen LogP contribution in [0.2, 0.25) is 0 Å². The summed E-state index contributed by atoms with van der Waals surface area (Å²) < 4.78 is 0. The first-order valence-electron chi connectivity index (χ1n) is 21.8. The van der Waals surface area contributed by atoms with E-state index >= 15 is 0 Å². The van der Waals surface area contributed by atoms with Crippen LogP contribution in [0.1, 0.15) is 219 Å². The molecule has 0 spiro atoms. The summed E-state index contributed by atoms with van der Waals surface area (Å²) in [4.78, 5) is 12.5. The van der Waals surface area contributed by atoms with Gasteiger partial charge in [-0.15, -0.1) is 0 Å². The van der Waals surface area contributed by atoms with Crippen LogP contribution in [0.25, 0.3) is 0 Å². The molecule has 0 aromatic carbocycles. The van der Waals surface area contributed by atoms with E-state index in [2.05, 4.69) is 43.5 Å². The van der Waals surface area contributed by atoms with Crippen LogP contribution in [0.15, 0.2) is 36.5 Å². The molecule has 0 aromatic rings. The first-order valence-corrected chi connectivity index (χ1v) is 21.8. The van der Waals surface area contributed by atoms with Gasteiger partial charge in [0.15, 0.2) is 0 Å². The molecule has 0 bridgehead atoms. The van der Waals surface area contributed by atoms with Gasteiger partial charge in [-0.1, -0.05) is 211 Å². The van der Waals surface area contributed by atoms with E-state index in [1.165, 1.54) is 154 Å². The van der Waals surface area contributed by atoms with Gasteiger partial charge < -0.3 is 20.6 Å². The van der Waals surface area contributed by atoms with Crippen LogP contribution >= 0.6 is 0 Å². The van der Waals surface area contributed by atoms with Gasteiger partial charge in [0.05, 0.1) is 18.8 Å². The van der Waals surface area contributed by atoms with E-state index in [9.17, 15) is 20.1 Å². The van der Waals surface area contributed by atoms with Crippen LogP contribution in [0.5, 0.6) is 0 Å². The van der Waals surface area contributed by atoms with Crippen molar-refractivity contribution in [1.82, 2.24) is 5.32 Å². The van der Waals surface area contributed by atoms with Crippen molar-refractivity contribution < 1.29 is 20.1 Å². The minimum absolute atomic E-state index is 0.379. The number of nitrogens with one attached hydrogen (secondary N) is 1. The highest BCUT2D eigenvalue weighted by Crippen LogP contribution is 2.15. The molecular weight excluding hydrogens is 618 g/mol. The number of unbranched alkanes of at least 4 members (excludes halogenated alkanes) is 27. The predicted molar refractivity (Wildman–Crippen MR) is 218 cm³/mol. The van der Waals surface area contributed by atoms with E-state index in [0.29, 0.717) is 6.42 Å². The lowest BCUT2D eigenvalue weighted by atomic mass is 10.0. The van der Waals surface area contributed by atoms with Crippen molar-refractivity contribution in [3.05, 3.63) is 36.5 Å². The van der Waals surface area contributed by atoms with Gasteiger partial charge >= 0.3 is 0 Å². The molecule has 0 aromatic heterocycles. The number of hydrogen-bond donors (Lipinski definition) is 4. The van der Waals surface area contributed by atoms with Gasteiger partial charge in [0, 0.05) is 0 Å². The minimum Gasteiger partial charge on any atom is -0.394 e. The highest BCUT2D eigenvalue weighted by Gasteiger charge is 2.22. The zero-order valence-electron chi connectivity index (χ0n) is 33.3. The molecule has 5 nitrogen and oxygen atoms in total. The fraction of sp³-hybridized carbons (Fsp3) is 0.844. The van der Waals surface area contributed by atoms with Gasteiger partial charge in [-0.2, -0.15) is 0 Å². The van der Waals surface area contributed by atoms with Crippen LogP contribution in [0, 0.1) is 0 Å². The first-order chi connectivity index (χ1) is 24.6. The molecule has 50 heavy (non-hydrogen) atoms. The number of hydrogen-bond acceptors (Lipinski definition) is 4. The highest BCUT2D eigenvalue weighted by molar-refractivity contribution is 5.80. The largest absolute Gasteiger partial charge is 0.394 e. The Morgan fingerprint density at radius 2 is 0.820 bits per heavy atom. The van der Waals surface area contributed by atoms with E-state index in [0.717, 1.165) is 44.9 Å². The maximum atomic E-state index is 12.5. The Balaban J connectivity index is 3.72. The summed E-state index contributed by atoms with van der Waals surface area (Å²) in [6.45, 7) is 4.16. The van der Waals surface area contributed by atoms with Crippen LogP contribution in [-0.4, -0.2) is 46.1 Å². The van der Waals surface area contributed by atoms with Gasteiger partial charge in [-0.05, 0) is 44.9 Å². The SMILES string of the molecule is CCCCCCCCC/C=C/CC/C=C/CC/C=C/C(O)C(CO)NC(=O)C(O)CCCCCCCCCCCCCCCCCCCCC. The Bertz CT molecular complexity index is 779. The second-order valence-corrected chi connectivity index (χ2v) is 14.9. The standard InChI is InChI=1S/C45H85NO4/c1-3-5-7-9-11-13-15-17-19-21-22-24-26-28-30-32-34-36-38-40-44(49)45(50)46-42(41-47)43(48)39-37-35-33-31-29-27-25-23-20-18-16-14-12-10-8-6-4-2/h20,23,29,31,37,39,42-44,47-49H,3-19,21-22,24-28,30,32-36,38,40-41H2,1-2H3,(H,46,50)/b23-20+,31-29+,39-37+. The molecule has 3 atom stereocenters. The normalized spacial score (nSPS) is 13.9. The van der Waals surface area contributed by atoms with Gasteiger partial charge in [0.2, 0.25) is 5.91 Å². The van der Waals surface area contributed by atoms with E-state index in [1.807, 2.05) is 6.08 Å². The van der Waals surface area contributed by atoms with Gasteiger partial charge in [-0.3, -0.25) is 4.79 Å². The maximum absolute atomic E-state index is 12.5. The third kappa shape index (κ3) is 35.0. The van der Waals surface area contributed by atoms with Crippen molar-refractivity contribution >= 4 is 5.91 Å². The minimum atomic E-state index is -1.11. The lowest BCUT2D eigenvalue weighted by Gasteiger charge is -2.21. The molecule has 4 N–H and O–H groups in total. The summed E-state index contributed by atoms with van der Waals surface area (Å²) in [5.41, 5.74) is 0. The van der Waals surface area contributed by atoms with Crippen molar-refractivity contribution in [2.24, 2.45) is 0 Å². The highest BCUT2D eigenvalue weighted by atomic mass is 16.3. The molecular formula is C45H85NO4. The Morgan fingerprint density at radius 1 is 0.480 bits per heavy atom. The third-order valence-corrected chi connectivity index (χ3v) is 9.96. The number of carbonyl (C=O) groups excluding carboxylic acids is 1. The molecule has 0 fully saturated rings. The van der Waals surface area contributed by atoms with Gasteiger partial charge in [0.1, 0.15) is 6.10 Å². The van der Waals surface area contributed by atoms with Crippen molar-refractivity contribution in [2.45, 2.75) is 238 Å². The Kier molecular flexibility index (Phi) is 39.2. The Labute approximate surface area is 311 Å². The Morgan fingerprint density at radius 3 is 1.22 bits per heavy atom. The first kappa shape index (κ1) is 48.6.